The third-order valence-electron chi connectivity index (χ3n) is 5.68. The minimum Gasteiger partial charge on any atom is -0.490 e. The molecule has 24 heavy (non-hydrogen) atoms. The minimum absolute atomic E-state index is 0.329. The topological polar surface area (TPSA) is 9.23 Å². The van der Waals surface area contributed by atoms with E-state index >= 15 is 0 Å². The standard InChI is InChI=1S/C23H20O/c1-3-9-16(10-4-1)19-15-21-23(19)22(17-11-5-2-6-12-17)18-13-7-8-14-20(18)24-21/h1-14,19,21-23H,15H2/t19?,21?,22?,23-/m1/s1. The smallest absolute Gasteiger partial charge is 0.123 e. The summed E-state index contributed by atoms with van der Waals surface area (Å²) >= 11 is 0. The summed E-state index contributed by atoms with van der Waals surface area (Å²) < 4.78 is 6.33. The van der Waals surface area contributed by atoms with Gasteiger partial charge in [-0.25, -0.2) is 0 Å². The lowest BCUT2D eigenvalue weighted by molar-refractivity contribution is -0.00461. The number of hydrogen-bond acceptors (Lipinski definition) is 1. The normalized spacial score (nSPS) is 27.3. The van der Waals surface area contributed by atoms with Crippen molar-refractivity contribution in [2.24, 2.45) is 5.92 Å². The summed E-state index contributed by atoms with van der Waals surface area (Å²) in [5, 5.41) is 0. The lowest BCUT2D eigenvalue weighted by atomic mass is 9.58. The number of hydrogen-bond donors (Lipinski definition) is 0. The molecular formula is C23H20O. The lowest BCUT2D eigenvalue weighted by Gasteiger charge is -2.52. The predicted molar refractivity (Wildman–Crippen MR) is 96.4 cm³/mol. The molecule has 0 N–H and O–H groups in total. The molecule has 4 atom stereocenters. The SMILES string of the molecule is c1ccc(C2CC3Oc4ccccc4C(c4ccccc4)[C@@H]32)cc1. The Morgan fingerprint density at radius 2 is 1.29 bits per heavy atom. The van der Waals surface area contributed by atoms with E-state index in [1.54, 1.807) is 0 Å². The third kappa shape index (κ3) is 2.08. The Kier molecular flexibility index (Phi) is 3.19. The number of rotatable bonds is 2. The molecule has 3 unspecified atom stereocenters. The van der Waals surface area contributed by atoms with Gasteiger partial charge >= 0.3 is 0 Å². The van der Waals surface area contributed by atoms with E-state index in [0.717, 1.165) is 12.2 Å². The predicted octanol–water partition coefficient (Wildman–Crippen LogP) is 5.38. The van der Waals surface area contributed by atoms with Gasteiger partial charge in [-0.15, -0.1) is 0 Å². The second kappa shape index (κ2) is 5.52. The first-order valence-electron chi connectivity index (χ1n) is 8.77. The van der Waals surface area contributed by atoms with Crippen LogP contribution in [0, 0.1) is 5.92 Å². The first-order valence-corrected chi connectivity index (χ1v) is 8.77. The lowest BCUT2D eigenvalue weighted by Crippen LogP contribution is -2.49. The first kappa shape index (κ1) is 13.9. The van der Waals surface area contributed by atoms with E-state index in [2.05, 4.69) is 84.9 Å². The number of benzene rings is 3. The van der Waals surface area contributed by atoms with E-state index in [4.69, 9.17) is 4.74 Å². The number of para-hydroxylation sites is 1. The van der Waals surface area contributed by atoms with Crippen LogP contribution in [0.5, 0.6) is 5.75 Å². The van der Waals surface area contributed by atoms with E-state index in [-0.39, 0.29) is 0 Å². The van der Waals surface area contributed by atoms with Crippen LogP contribution < -0.4 is 4.74 Å². The van der Waals surface area contributed by atoms with Crippen molar-refractivity contribution in [2.45, 2.75) is 24.4 Å². The maximum Gasteiger partial charge on any atom is 0.123 e. The quantitative estimate of drug-likeness (QED) is 0.617. The summed E-state index contributed by atoms with van der Waals surface area (Å²) in [7, 11) is 0. The fraction of sp³-hybridized carbons (Fsp3) is 0.217. The average molecular weight is 312 g/mol. The fourth-order valence-corrected chi connectivity index (χ4v) is 4.54. The van der Waals surface area contributed by atoms with E-state index < -0.39 is 0 Å². The van der Waals surface area contributed by atoms with Crippen LogP contribution in [0.4, 0.5) is 0 Å². The van der Waals surface area contributed by atoms with Gasteiger partial charge in [-0.1, -0.05) is 78.9 Å². The fourth-order valence-electron chi connectivity index (χ4n) is 4.54. The molecule has 0 bridgehead atoms. The monoisotopic (exact) mass is 312 g/mol. The highest BCUT2D eigenvalue weighted by Gasteiger charge is 2.51. The van der Waals surface area contributed by atoms with E-state index in [9.17, 15) is 0 Å². The largest absolute Gasteiger partial charge is 0.490 e. The van der Waals surface area contributed by atoms with Gasteiger partial charge in [0, 0.05) is 17.4 Å². The van der Waals surface area contributed by atoms with Gasteiger partial charge in [-0.2, -0.15) is 0 Å². The third-order valence-corrected chi connectivity index (χ3v) is 5.68. The highest BCUT2D eigenvalue weighted by Crippen LogP contribution is 2.57. The molecule has 1 aliphatic carbocycles. The summed E-state index contributed by atoms with van der Waals surface area (Å²) in [6.45, 7) is 0. The molecule has 1 aliphatic heterocycles. The van der Waals surface area contributed by atoms with Crippen molar-refractivity contribution in [1.82, 2.24) is 0 Å². The van der Waals surface area contributed by atoms with Gasteiger partial charge in [0.2, 0.25) is 0 Å². The van der Waals surface area contributed by atoms with Crippen molar-refractivity contribution in [2.75, 3.05) is 0 Å². The van der Waals surface area contributed by atoms with Gasteiger partial charge < -0.3 is 4.74 Å². The van der Waals surface area contributed by atoms with Crippen LogP contribution in [0.25, 0.3) is 0 Å². The zero-order valence-corrected chi connectivity index (χ0v) is 13.5. The Balaban J connectivity index is 1.62. The van der Waals surface area contributed by atoms with Crippen molar-refractivity contribution in [3.63, 3.8) is 0 Å². The summed E-state index contributed by atoms with van der Waals surface area (Å²) in [5.74, 6) is 2.58. The highest BCUT2D eigenvalue weighted by molar-refractivity contribution is 5.47. The Bertz CT molecular complexity index is 840. The van der Waals surface area contributed by atoms with Crippen LogP contribution in [0.3, 0.4) is 0 Å². The number of fused-ring (bicyclic) bond motifs is 2. The van der Waals surface area contributed by atoms with Crippen molar-refractivity contribution in [3.8, 4) is 5.75 Å². The maximum atomic E-state index is 6.33. The van der Waals surface area contributed by atoms with Crippen LogP contribution in [-0.2, 0) is 0 Å². The molecule has 5 rings (SSSR count). The van der Waals surface area contributed by atoms with Crippen molar-refractivity contribution < 1.29 is 4.74 Å². The van der Waals surface area contributed by atoms with Crippen molar-refractivity contribution in [3.05, 3.63) is 102 Å². The molecule has 0 radical (unpaired) electrons. The number of ether oxygens (including phenoxy) is 1. The molecule has 1 nitrogen and oxygen atoms in total. The summed E-state index contributed by atoms with van der Waals surface area (Å²) in [5.41, 5.74) is 4.19. The Morgan fingerprint density at radius 1 is 0.667 bits per heavy atom. The molecule has 1 saturated carbocycles. The average Bonchev–Trinajstić information content (AvgIpc) is 2.64. The summed E-state index contributed by atoms with van der Waals surface area (Å²) in [6, 6.07) is 30.4. The molecule has 0 saturated heterocycles. The minimum atomic E-state index is 0.329. The van der Waals surface area contributed by atoms with Crippen LogP contribution in [0.2, 0.25) is 0 Å². The molecule has 3 aromatic carbocycles. The van der Waals surface area contributed by atoms with E-state index in [0.29, 0.717) is 23.9 Å². The Hall–Kier alpha value is -2.54. The second-order valence-electron chi connectivity index (χ2n) is 6.91. The van der Waals surface area contributed by atoms with Crippen molar-refractivity contribution >= 4 is 0 Å². The molecule has 1 heterocycles. The molecule has 1 heteroatoms. The zero-order valence-electron chi connectivity index (χ0n) is 13.5. The van der Waals surface area contributed by atoms with Gasteiger partial charge in [0.25, 0.3) is 0 Å². The maximum absolute atomic E-state index is 6.33. The van der Waals surface area contributed by atoms with Crippen LogP contribution >= 0.6 is 0 Å². The zero-order chi connectivity index (χ0) is 15.9. The Morgan fingerprint density at radius 3 is 2.04 bits per heavy atom. The summed E-state index contributed by atoms with van der Waals surface area (Å²) in [4.78, 5) is 0. The Labute approximate surface area is 142 Å². The molecule has 0 spiro atoms. The van der Waals surface area contributed by atoms with Crippen molar-refractivity contribution in [1.29, 1.82) is 0 Å². The van der Waals surface area contributed by atoms with Crippen LogP contribution in [0.15, 0.2) is 84.9 Å². The van der Waals surface area contributed by atoms with Gasteiger partial charge in [0.05, 0.1) is 0 Å². The first-order chi connectivity index (χ1) is 11.9. The summed E-state index contributed by atoms with van der Waals surface area (Å²) in [6.07, 6.45) is 1.45. The van der Waals surface area contributed by atoms with Crippen LogP contribution in [-0.4, -0.2) is 6.10 Å². The van der Waals surface area contributed by atoms with Gasteiger partial charge in [0.1, 0.15) is 11.9 Å². The second-order valence-corrected chi connectivity index (χ2v) is 6.91. The van der Waals surface area contributed by atoms with Crippen LogP contribution in [0.1, 0.15) is 34.9 Å². The molecule has 0 amide bonds. The van der Waals surface area contributed by atoms with Gasteiger partial charge in [-0.3, -0.25) is 0 Å². The van der Waals surface area contributed by atoms with Gasteiger partial charge in [0.15, 0.2) is 0 Å². The molecule has 1 fully saturated rings. The molecule has 2 aliphatic rings. The van der Waals surface area contributed by atoms with E-state index in [1.165, 1.54) is 16.7 Å². The molecule has 118 valence electrons. The van der Waals surface area contributed by atoms with Gasteiger partial charge in [-0.05, 0) is 29.5 Å². The van der Waals surface area contributed by atoms with E-state index in [1.807, 2.05) is 0 Å². The molecule has 3 aromatic rings. The highest BCUT2D eigenvalue weighted by atomic mass is 16.5. The molecular weight excluding hydrogens is 292 g/mol. The molecule has 0 aromatic heterocycles.